The number of ether oxygens (including phenoxy) is 1. The quantitative estimate of drug-likeness (QED) is 0.342. The van der Waals surface area contributed by atoms with E-state index in [4.69, 9.17) is 16.3 Å². The van der Waals surface area contributed by atoms with Gasteiger partial charge in [-0.05, 0) is 62.2 Å². The maximum absolute atomic E-state index is 13.6. The molecule has 0 aromatic heterocycles. The minimum absolute atomic E-state index is 0.0368. The Morgan fingerprint density at radius 3 is 2.13 bits per heavy atom. The van der Waals surface area contributed by atoms with Crippen molar-refractivity contribution in [3.05, 3.63) is 95.0 Å². The Morgan fingerprint density at radius 2 is 1.54 bits per heavy atom. The maximum atomic E-state index is 13.6. The third-order valence-corrected chi connectivity index (χ3v) is 7.46. The molecular formula is C29H34ClN3O5S. The van der Waals surface area contributed by atoms with Crippen LogP contribution >= 0.6 is 11.6 Å². The molecule has 0 aliphatic rings. The number of carbonyl (C=O) groups is 2. The lowest BCUT2D eigenvalue weighted by Gasteiger charge is -2.32. The number of amides is 2. The zero-order valence-electron chi connectivity index (χ0n) is 22.5. The summed E-state index contributed by atoms with van der Waals surface area (Å²) in [5, 5.41) is 3.25. The zero-order chi connectivity index (χ0) is 28.6. The van der Waals surface area contributed by atoms with Gasteiger partial charge < -0.3 is 15.0 Å². The highest BCUT2D eigenvalue weighted by Crippen LogP contribution is 2.24. The van der Waals surface area contributed by atoms with E-state index in [-0.39, 0.29) is 18.5 Å². The summed E-state index contributed by atoms with van der Waals surface area (Å²) in [7, 11) is -3.84. The van der Waals surface area contributed by atoms with E-state index in [0.717, 1.165) is 16.1 Å². The van der Waals surface area contributed by atoms with E-state index in [1.54, 1.807) is 55.5 Å². The number of nitrogens with zero attached hydrogens (tertiary/aromatic N) is 2. The second-order valence-corrected chi connectivity index (χ2v) is 11.8. The van der Waals surface area contributed by atoms with E-state index in [1.807, 2.05) is 44.2 Å². The van der Waals surface area contributed by atoms with Gasteiger partial charge in [0.15, 0.2) is 0 Å². The Balaban J connectivity index is 1.83. The number of hydrogen-bond acceptors (Lipinski definition) is 5. The Labute approximate surface area is 235 Å². The highest BCUT2D eigenvalue weighted by atomic mass is 35.5. The molecule has 0 spiro atoms. The van der Waals surface area contributed by atoms with Gasteiger partial charge in [-0.3, -0.25) is 13.9 Å². The summed E-state index contributed by atoms with van der Waals surface area (Å²) in [5.74, 6) is -0.339. The summed E-state index contributed by atoms with van der Waals surface area (Å²) >= 11 is 6.34. The van der Waals surface area contributed by atoms with Gasteiger partial charge in [-0.25, -0.2) is 8.42 Å². The fourth-order valence-electron chi connectivity index (χ4n) is 3.86. The summed E-state index contributed by atoms with van der Waals surface area (Å²) in [6.45, 7) is 5.16. The van der Waals surface area contributed by atoms with Gasteiger partial charge in [-0.15, -0.1) is 0 Å². The lowest BCUT2D eigenvalue weighted by molar-refractivity contribution is -0.139. The molecule has 1 atom stereocenters. The topological polar surface area (TPSA) is 96.0 Å². The summed E-state index contributed by atoms with van der Waals surface area (Å²) in [4.78, 5) is 27.8. The van der Waals surface area contributed by atoms with E-state index in [9.17, 15) is 18.0 Å². The molecule has 0 bridgehead atoms. The first-order valence-electron chi connectivity index (χ1n) is 12.5. The minimum atomic E-state index is -3.84. The zero-order valence-corrected chi connectivity index (χ0v) is 24.1. The second kappa shape index (κ2) is 13.5. The lowest BCUT2D eigenvalue weighted by atomic mass is 10.1. The van der Waals surface area contributed by atoms with Crippen LogP contribution in [-0.2, 0) is 32.8 Å². The van der Waals surface area contributed by atoms with Crippen molar-refractivity contribution in [2.75, 3.05) is 17.1 Å². The van der Waals surface area contributed by atoms with E-state index < -0.39 is 28.5 Å². The molecule has 0 saturated heterocycles. The van der Waals surface area contributed by atoms with Crippen LogP contribution in [-0.4, -0.2) is 50.0 Å². The Morgan fingerprint density at radius 1 is 0.923 bits per heavy atom. The van der Waals surface area contributed by atoms with Gasteiger partial charge in [-0.2, -0.15) is 0 Å². The van der Waals surface area contributed by atoms with Crippen LogP contribution in [0.1, 0.15) is 31.9 Å². The van der Waals surface area contributed by atoms with Crippen LogP contribution in [0.4, 0.5) is 5.69 Å². The van der Waals surface area contributed by atoms with Gasteiger partial charge in [0.2, 0.25) is 21.8 Å². The molecule has 0 radical (unpaired) electrons. The van der Waals surface area contributed by atoms with E-state index in [0.29, 0.717) is 28.6 Å². The Bertz CT molecular complexity index is 1370. The summed E-state index contributed by atoms with van der Waals surface area (Å²) in [5.41, 5.74) is 1.94. The van der Waals surface area contributed by atoms with Crippen molar-refractivity contribution in [2.24, 2.45) is 0 Å². The standard InChI is InChI=1S/C29H34ClN3O5S/c1-21(2)31-29(35)22(3)32(18-24-12-8-9-13-27(24)30)28(34)19-33(39(4,36)37)25-14-16-26(17-15-25)38-20-23-10-6-5-7-11-23/h5-17,21-22H,18-20H2,1-4H3,(H,31,35)/t22-/m0/s1. The molecule has 0 aliphatic carbocycles. The third kappa shape index (κ3) is 8.73. The smallest absolute Gasteiger partial charge is 0.244 e. The van der Waals surface area contributed by atoms with Crippen molar-refractivity contribution < 1.29 is 22.7 Å². The summed E-state index contributed by atoms with van der Waals surface area (Å²) in [6.07, 6.45) is 1.04. The molecular weight excluding hydrogens is 538 g/mol. The number of anilines is 1. The van der Waals surface area contributed by atoms with Crippen LogP contribution in [0.25, 0.3) is 0 Å². The van der Waals surface area contributed by atoms with Crippen molar-refractivity contribution in [1.82, 2.24) is 10.2 Å². The van der Waals surface area contributed by atoms with Gasteiger partial charge in [0.05, 0.1) is 11.9 Å². The minimum Gasteiger partial charge on any atom is -0.489 e. The van der Waals surface area contributed by atoms with Crippen LogP contribution in [0, 0.1) is 0 Å². The average Bonchev–Trinajstić information content (AvgIpc) is 2.89. The molecule has 0 unspecified atom stereocenters. The molecule has 2 amide bonds. The largest absolute Gasteiger partial charge is 0.489 e. The number of halogens is 1. The third-order valence-electron chi connectivity index (χ3n) is 5.95. The first-order chi connectivity index (χ1) is 18.5. The molecule has 3 rings (SSSR count). The molecule has 0 aliphatic heterocycles. The van der Waals surface area contributed by atoms with Gasteiger partial charge in [0.25, 0.3) is 0 Å². The lowest BCUT2D eigenvalue weighted by Crippen LogP contribution is -2.52. The van der Waals surface area contributed by atoms with Crippen molar-refractivity contribution in [2.45, 2.75) is 46.0 Å². The second-order valence-electron chi connectivity index (χ2n) is 9.49. The summed E-state index contributed by atoms with van der Waals surface area (Å²) < 4.78 is 32.4. The van der Waals surface area contributed by atoms with Crippen LogP contribution in [0.2, 0.25) is 5.02 Å². The number of rotatable bonds is 12. The van der Waals surface area contributed by atoms with Crippen molar-refractivity contribution >= 4 is 39.1 Å². The molecule has 3 aromatic rings. The SMILES string of the molecule is CC(C)NC(=O)[C@H](C)N(Cc1ccccc1Cl)C(=O)CN(c1ccc(OCc2ccccc2)cc1)S(C)(=O)=O. The van der Waals surface area contributed by atoms with Crippen LogP contribution in [0.15, 0.2) is 78.9 Å². The molecule has 10 heteroatoms. The molecule has 1 N–H and O–H groups in total. The van der Waals surface area contributed by atoms with E-state index >= 15 is 0 Å². The fourth-order valence-corrected chi connectivity index (χ4v) is 4.91. The van der Waals surface area contributed by atoms with Crippen molar-refractivity contribution in [3.8, 4) is 5.75 Å². The van der Waals surface area contributed by atoms with Gasteiger partial charge in [0.1, 0.15) is 24.9 Å². The van der Waals surface area contributed by atoms with Gasteiger partial charge >= 0.3 is 0 Å². The Kier molecular flexibility index (Phi) is 10.4. The van der Waals surface area contributed by atoms with Crippen LogP contribution in [0.3, 0.4) is 0 Å². The van der Waals surface area contributed by atoms with Gasteiger partial charge in [-0.1, -0.05) is 60.1 Å². The van der Waals surface area contributed by atoms with Crippen LogP contribution < -0.4 is 14.4 Å². The first-order valence-corrected chi connectivity index (χ1v) is 14.8. The van der Waals surface area contributed by atoms with Crippen LogP contribution in [0.5, 0.6) is 5.75 Å². The van der Waals surface area contributed by atoms with E-state index in [2.05, 4.69) is 5.32 Å². The molecule has 208 valence electrons. The highest BCUT2D eigenvalue weighted by Gasteiger charge is 2.30. The average molecular weight is 572 g/mol. The molecule has 39 heavy (non-hydrogen) atoms. The van der Waals surface area contributed by atoms with E-state index in [1.165, 1.54) is 4.90 Å². The highest BCUT2D eigenvalue weighted by molar-refractivity contribution is 7.92. The Hall–Kier alpha value is -3.56. The maximum Gasteiger partial charge on any atom is 0.244 e. The number of carbonyl (C=O) groups excluding carboxylic acids is 2. The molecule has 0 heterocycles. The molecule has 0 saturated carbocycles. The predicted molar refractivity (Wildman–Crippen MR) is 154 cm³/mol. The molecule has 0 fully saturated rings. The fraction of sp³-hybridized carbons (Fsp3) is 0.310. The number of hydrogen-bond donors (Lipinski definition) is 1. The monoisotopic (exact) mass is 571 g/mol. The molecule has 8 nitrogen and oxygen atoms in total. The number of nitrogens with one attached hydrogen (secondary N) is 1. The normalized spacial score (nSPS) is 12.1. The number of benzene rings is 3. The molecule has 3 aromatic carbocycles. The van der Waals surface area contributed by atoms with Crippen molar-refractivity contribution in [1.29, 1.82) is 0 Å². The number of sulfonamides is 1. The summed E-state index contributed by atoms with van der Waals surface area (Å²) in [6, 6.07) is 22.2. The predicted octanol–water partition coefficient (Wildman–Crippen LogP) is 4.63. The first kappa shape index (κ1) is 30.0. The van der Waals surface area contributed by atoms with Gasteiger partial charge in [0, 0.05) is 17.6 Å². The van der Waals surface area contributed by atoms with Crippen molar-refractivity contribution in [3.63, 3.8) is 0 Å².